The first kappa shape index (κ1) is 37.9. The van der Waals surface area contributed by atoms with Crippen molar-refractivity contribution in [1.82, 2.24) is 0 Å². The fraction of sp³-hybridized carbons (Fsp3) is 0.137. The van der Waals surface area contributed by atoms with Crippen molar-refractivity contribution < 1.29 is 23.8 Å². The lowest BCUT2D eigenvalue weighted by molar-refractivity contribution is 0.0147. The van der Waals surface area contributed by atoms with Gasteiger partial charge in [-0.3, -0.25) is 9.59 Å². The predicted molar refractivity (Wildman–Crippen MR) is 231 cm³/mol. The number of nitrogens with one attached hydrogen (secondary N) is 2. The van der Waals surface area contributed by atoms with Crippen LogP contribution in [0.15, 0.2) is 164 Å². The Labute approximate surface area is 339 Å². The molecule has 0 aromatic heterocycles. The highest BCUT2D eigenvalue weighted by Crippen LogP contribution is 2.42. The molecule has 0 unspecified atom stereocenters. The van der Waals surface area contributed by atoms with Crippen molar-refractivity contribution in [2.45, 2.75) is 25.4 Å². The second-order valence-corrected chi connectivity index (χ2v) is 14.2. The van der Waals surface area contributed by atoms with E-state index in [9.17, 15) is 9.59 Å². The third-order valence-corrected chi connectivity index (χ3v) is 10.8. The van der Waals surface area contributed by atoms with Crippen molar-refractivity contribution >= 4 is 34.3 Å². The van der Waals surface area contributed by atoms with Gasteiger partial charge in [-0.2, -0.15) is 0 Å². The van der Waals surface area contributed by atoms with E-state index in [0.717, 1.165) is 51.5 Å². The van der Waals surface area contributed by atoms with Crippen LogP contribution in [-0.2, 0) is 23.2 Å². The molecule has 0 amide bonds. The summed E-state index contributed by atoms with van der Waals surface area (Å²) in [6.07, 6.45) is 1.58. The van der Waals surface area contributed by atoms with E-state index in [0.29, 0.717) is 46.7 Å². The monoisotopic (exact) mass is 764 g/mol. The molecular formula is C51H44N2O5. The van der Waals surface area contributed by atoms with Crippen molar-refractivity contribution in [3.63, 3.8) is 0 Å². The van der Waals surface area contributed by atoms with E-state index >= 15 is 0 Å². The van der Waals surface area contributed by atoms with E-state index in [4.69, 9.17) is 14.2 Å². The van der Waals surface area contributed by atoms with Gasteiger partial charge >= 0.3 is 0 Å². The van der Waals surface area contributed by atoms with Crippen LogP contribution in [-0.4, -0.2) is 32.4 Å². The van der Waals surface area contributed by atoms with Crippen LogP contribution >= 0.6 is 0 Å². The Morgan fingerprint density at radius 2 is 0.931 bits per heavy atom. The maximum Gasteiger partial charge on any atom is 0.196 e. The number of benzene rings is 7. The van der Waals surface area contributed by atoms with Gasteiger partial charge in [-0.05, 0) is 101 Å². The predicted octanol–water partition coefficient (Wildman–Crippen LogP) is 11.1. The topological polar surface area (TPSA) is 85.9 Å². The molecule has 0 atom stereocenters. The molecule has 7 aromatic rings. The molecule has 1 aliphatic rings. The Balaban J connectivity index is 1.02. The van der Waals surface area contributed by atoms with Gasteiger partial charge in [0.1, 0.15) is 17.1 Å². The number of aryl methyl sites for hydroxylation is 1. The summed E-state index contributed by atoms with van der Waals surface area (Å²) >= 11 is 0. The minimum Gasteiger partial charge on any atom is -0.497 e. The minimum absolute atomic E-state index is 0.187. The molecule has 0 spiro atoms. The van der Waals surface area contributed by atoms with E-state index in [-0.39, 0.29) is 11.6 Å². The lowest BCUT2D eigenvalue weighted by Crippen LogP contribution is -2.33. The Morgan fingerprint density at radius 3 is 1.38 bits per heavy atom. The molecular weight excluding hydrogens is 721 g/mol. The molecule has 288 valence electrons. The van der Waals surface area contributed by atoms with Gasteiger partial charge in [0.25, 0.3) is 0 Å². The van der Waals surface area contributed by atoms with E-state index in [1.807, 2.05) is 91.0 Å². The number of ketones is 2. The Hall–Kier alpha value is -6.96. The Morgan fingerprint density at radius 1 is 0.483 bits per heavy atom. The van der Waals surface area contributed by atoms with Crippen LogP contribution < -0.4 is 20.1 Å². The van der Waals surface area contributed by atoms with Gasteiger partial charge < -0.3 is 24.8 Å². The van der Waals surface area contributed by atoms with Crippen LogP contribution in [0, 0.1) is 0 Å². The summed E-state index contributed by atoms with van der Waals surface area (Å²) in [6, 6.07) is 53.2. The van der Waals surface area contributed by atoms with Gasteiger partial charge in [0.05, 0.1) is 43.3 Å². The van der Waals surface area contributed by atoms with Crippen LogP contribution in [0.25, 0.3) is 0 Å². The zero-order valence-electron chi connectivity index (χ0n) is 32.8. The number of carbonyl (C=O) groups is 2. The molecule has 8 rings (SSSR count). The summed E-state index contributed by atoms with van der Waals surface area (Å²) in [7, 11) is 3.32. The van der Waals surface area contributed by atoms with E-state index in [2.05, 4.69) is 78.2 Å². The number of rotatable bonds is 14. The highest BCUT2D eigenvalue weighted by Gasteiger charge is 2.38. The van der Waals surface area contributed by atoms with Crippen molar-refractivity contribution in [1.29, 1.82) is 0 Å². The summed E-state index contributed by atoms with van der Waals surface area (Å²) in [5, 5.41) is 6.80. The smallest absolute Gasteiger partial charge is 0.196 e. The summed E-state index contributed by atoms with van der Waals surface area (Å²) in [4.78, 5) is 28.2. The van der Waals surface area contributed by atoms with Crippen molar-refractivity contribution in [3.8, 4) is 11.5 Å². The largest absolute Gasteiger partial charge is 0.497 e. The van der Waals surface area contributed by atoms with Gasteiger partial charge in [-0.25, -0.2) is 0 Å². The first-order valence-corrected chi connectivity index (χ1v) is 19.5. The van der Waals surface area contributed by atoms with Gasteiger partial charge in [0.15, 0.2) is 11.6 Å². The standard InChI is InChI=1S/C51H44N2O5/c1-4-34-16-24-39(25-17-34)52-45-14-8-12-43-47(45)49(54)44-13-9-15-46(48(44)50(43)55)53-40-26-18-35(19-27-40)32-33-58-51(36-10-6-5-7-11-36,37-20-28-41(56-2)29-21-37)38-22-30-42(57-3)31-23-38/h5-31,52-53H,4,32-33H2,1-3H3. The lowest BCUT2D eigenvalue weighted by Gasteiger charge is -2.36. The average Bonchev–Trinajstić information content (AvgIpc) is 3.28. The fourth-order valence-corrected chi connectivity index (χ4v) is 7.74. The zero-order chi connectivity index (χ0) is 40.1. The normalized spacial score (nSPS) is 12.1. The van der Waals surface area contributed by atoms with Crippen LogP contribution in [0.1, 0.15) is 66.6 Å². The highest BCUT2D eigenvalue weighted by atomic mass is 16.5. The molecule has 7 aromatic carbocycles. The van der Waals surface area contributed by atoms with E-state index < -0.39 is 5.60 Å². The molecule has 0 saturated carbocycles. The van der Waals surface area contributed by atoms with Crippen LogP contribution in [0.4, 0.5) is 22.7 Å². The quantitative estimate of drug-likeness (QED) is 0.107. The summed E-state index contributed by atoms with van der Waals surface area (Å²) in [5.41, 5.74) is 8.70. The molecule has 58 heavy (non-hydrogen) atoms. The van der Waals surface area contributed by atoms with Crippen molar-refractivity contribution in [2.24, 2.45) is 0 Å². The number of fused-ring (bicyclic) bond motifs is 2. The Kier molecular flexibility index (Phi) is 10.9. The first-order valence-electron chi connectivity index (χ1n) is 19.5. The molecule has 2 N–H and O–H groups in total. The third-order valence-electron chi connectivity index (χ3n) is 10.8. The summed E-state index contributed by atoms with van der Waals surface area (Å²) in [5.74, 6) is 1.15. The zero-order valence-corrected chi connectivity index (χ0v) is 32.8. The van der Waals surface area contributed by atoms with Crippen LogP contribution in [0.3, 0.4) is 0 Å². The number of anilines is 4. The van der Waals surface area contributed by atoms with Crippen LogP contribution in [0.5, 0.6) is 11.5 Å². The molecule has 7 heteroatoms. The highest BCUT2D eigenvalue weighted by molar-refractivity contribution is 6.32. The van der Waals surface area contributed by atoms with E-state index in [1.165, 1.54) is 5.56 Å². The molecule has 0 bridgehead atoms. The molecule has 0 saturated heterocycles. The first-order chi connectivity index (χ1) is 28.4. The maximum absolute atomic E-state index is 14.1. The molecule has 0 heterocycles. The van der Waals surface area contributed by atoms with Crippen molar-refractivity contribution in [2.75, 3.05) is 31.5 Å². The Bertz CT molecular complexity index is 2500. The number of hydrogen-bond donors (Lipinski definition) is 2. The van der Waals surface area contributed by atoms with Crippen molar-refractivity contribution in [3.05, 3.63) is 214 Å². The number of methoxy groups -OCH3 is 2. The fourth-order valence-electron chi connectivity index (χ4n) is 7.74. The van der Waals surface area contributed by atoms with Gasteiger partial charge in [-0.15, -0.1) is 0 Å². The molecule has 7 nitrogen and oxygen atoms in total. The molecule has 0 aliphatic heterocycles. The number of hydrogen-bond acceptors (Lipinski definition) is 7. The summed E-state index contributed by atoms with van der Waals surface area (Å²) < 4.78 is 18.0. The molecule has 1 aliphatic carbocycles. The minimum atomic E-state index is -0.909. The van der Waals surface area contributed by atoms with Gasteiger partial charge in [0.2, 0.25) is 0 Å². The number of carbonyl (C=O) groups excluding carboxylic acids is 2. The van der Waals surface area contributed by atoms with Gasteiger partial charge in [-0.1, -0.05) is 110 Å². The molecule has 0 radical (unpaired) electrons. The second kappa shape index (κ2) is 16.6. The maximum atomic E-state index is 14.1. The second-order valence-electron chi connectivity index (χ2n) is 14.2. The van der Waals surface area contributed by atoms with Crippen LogP contribution in [0.2, 0.25) is 0 Å². The average molecular weight is 765 g/mol. The SMILES string of the molecule is CCc1ccc(Nc2cccc3c2C(=O)c2cccc(Nc4ccc(CCOC(c5ccccc5)(c5ccc(OC)cc5)c5ccc(OC)cc5)cc4)c2C3=O)cc1. The lowest BCUT2D eigenvalue weighted by atomic mass is 9.80. The van der Waals surface area contributed by atoms with Gasteiger partial charge in [0, 0.05) is 22.5 Å². The van der Waals surface area contributed by atoms with E-state index in [1.54, 1.807) is 26.4 Å². The summed E-state index contributed by atoms with van der Waals surface area (Å²) in [6.45, 7) is 2.53. The molecule has 0 fully saturated rings. The third kappa shape index (κ3) is 7.36. The number of ether oxygens (including phenoxy) is 3.